The first-order valence-corrected chi connectivity index (χ1v) is 3.45. The first-order chi connectivity index (χ1) is 5.33. The number of hydrogen-bond acceptors (Lipinski definition) is 3. The van der Waals surface area contributed by atoms with Gasteiger partial charge in [0.15, 0.2) is 0 Å². The Labute approximate surface area is 65.4 Å². The van der Waals surface area contributed by atoms with Crippen LogP contribution in [0.25, 0.3) is 0 Å². The summed E-state index contributed by atoms with van der Waals surface area (Å²) in [5, 5.41) is 9.25. The standard InChI is InChI=1S/C7H12N2O2/c1-11-5-7(10)4-9-3-2-8-6-9/h2-3,6-7,10H,4-5H2,1H3/t7-/m0/s1. The predicted molar refractivity (Wildman–Crippen MR) is 40.1 cm³/mol. The maximum atomic E-state index is 9.25. The predicted octanol–water partition coefficient (Wildman–Crippen LogP) is -0.110. The van der Waals surface area contributed by atoms with Crippen molar-refractivity contribution in [1.29, 1.82) is 0 Å². The number of methoxy groups -OCH3 is 1. The first-order valence-electron chi connectivity index (χ1n) is 3.45. The smallest absolute Gasteiger partial charge is 0.0952 e. The van der Waals surface area contributed by atoms with Gasteiger partial charge in [-0.15, -0.1) is 0 Å². The van der Waals surface area contributed by atoms with Gasteiger partial charge in [0.2, 0.25) is 0 Å². The van der Waals surface area contributed by atoms with Crippen LogP contribution in [0.4, 0.5) is 0 Å². The third-order valence-corrected chi connectivity index (χ3v) is 1.34. The van der Waals surface area contributed by atoms with Crippen molar-refractivity contribution in [3.63, 3.8) is 0 Å². The van der Waals surface area contributed by atoms with E-state index in [-0.39, 0.29) is 0 Å². The lowest BCUT2D eigenvalue weighted by Crippen LogP contribution is -2.20. The van der Waals surface area contributed by atoms with Gasteiger partial charge in [-0.1, -0.05) is 0 Å². The van der Waals surface area contributed by atoms with Gasteiger partial charge in [-0.2, -0.15) is 0 Å². The van der Waals surface area contributed by atoms with Gasteiger partial charge < -0.3 is 14.4 Å². The molecule has 0 saturated heterocycles. The Morgan fingerprint density at radius 2 is 2.55 bits per heavy atom. The van der Waals surface area contributed by atoms with Crippen LogP contribution in [0.1, 0.15) is 0 Å². The van der Waals surface area contributed by atoms with E-state index < -0.39 is 6.10 Å². The molecule has 4 heteroatoms. The number of aromatic nitrogens is 2. The van der Waals surface area contributed by atoms with Crippen LogP contribution in [0.15, 0.2) is 18.7 Å². The Balaban J connectivity index is 2.31. The lowest BCUT2D eigenvalue weighted by Gasteiger charge is -2.08. The van der Waals surface area contributed by atoms with Crippen molar-refractivity contribution in [3.8, 4) is 0 Å². The van der Waals surface area contributed by atoms with E-state index in [1.54, 1.807) is 25.8 Å². The molecule has 1 aromatic heterocycles. The van der Waals surface area contributed by atoms with Crippen LogP contribution in [-0.2, 0) is 11.3 Å². The fraction of sp³-hybridized carbons (Fsp3) is 0.571. The minimum Gasteiger partial charge on any atom is -0.389 e. The molecule has 0 fully saturated rings. The van der Waals surface area contributed by atoms with E-state index in [0.717, 1.165) is 0 Å². The van der Waals surface area contributed by atoms with E-state index >= 15 is 0 Å². The summed E-state index contributed by atoms with van der Waals surface area (Å²) in [6.07, 6.45) is 4.70. The van der Waals surface area contributed by atoms with Crippen LogP contribution >= 0.6 is 0 Å². The molecule has 0 aliphatic rings. The molecule has 1 atom stereocenters. The number of imidazole rings is 1. The van der Waals surface area contributed by atoms with E-state index in [1.807, 2.05) is 4.57 Å². The second-order valence-electron chi connectivity index (χ2n) is 2.37. The zero-order chi connectivity index (χ0) is 8.10. The van der Waals surface area contributed by atoms with Crippen LogP contribution in [0.2, 0.25) is 0 Å². The number of nitrogens with zero attached hydrogens (tertiary/aromatic N) is 2. The van der Waals surface area contributed by atoms with Gasteiger partial charge in [0.25, 0.3) is 0 Å². The average molecular weight is 156 g/mol. The molecular formula is C7H12N2O2. The van der Waals surface area contributed by atoms with E-state index in [2.05, 4.69) is 4.98 Å². The molecule has 0 bridgehead atoms. The summed E-state index contributed by atoms with van der Waals surface area (Å²) in [6, 6.07) is 0. The van der Waals surface area contributed by atoms with Gasteiger partial charge in [0.1, 0.15) is 0 Å². The zero-order valence-corrected chi connectivity index (χ0v) is 6.47. The van der Waals surface area contributed by atoms with Crippen molar-refractivity contribution in [2.45, 2.75) is 12.6 Å². The molecule has 0 spiro atoms. The van der Waals surface area contributed by atoms with Gasteiger partial charge >= 0.3 is 0 Å². The number of aliphatic hydroxyl groups excluding tert-OH is 1. The van der Waals surface area contributed by atoms with E-state index in [4.69, 9.17) is 4.74 Å². The first kappa shape index (κ1) is 8.23. The number of ether oxygens (including phenoxy) is 1. The normalized spacial score (nSPS) is 13.3. The highest BCUT2D eigenvalue weighted by molar-refractivity contribution is 4.75. The summed E-state index contributed by atoms with van der Waals surface area (Å²) in [6.45, 7) is 0.895. The zero-order valence-electron chi connectivity index (χ0n) is 6.47. The molecule has 1 rings (SSSR count). The fourth-order valence-electron chi connectivity index (χ4n) is 0.883. The lowest BCUT2D eigenvalue weighted by molar-refractivity contribution is 0.0536. The average Bonchev–Trinajstić information content (AvgIpc) is 2.40. The quantitative estimate of drug-likeness (QED) is 0.661. The summed E-state index contributed by atoms with van der Waals surface area (Å²) in [4.78, 5) is 3.85. The molecule has 62 valence electrons. The molecule has 1 N–H and O–H groups in total. The Morgan fingerprint density at radius 1 is 1.73 bits per heavy atom. The Kier molecular flexibility index (Phi) is 3.07. The minimum absolute atomic E-state index is 0.359. The van der Waals surface area contributed by atoms with Crippen LogP contribution in [0, 0.1) is 0 Å². The monoisotopic (exact) mass is 156 g/mol. The molecule has 0 radical (unpaired) electrons. The number of hydrogen-bond donors (Lipinski definition) is 1. The summed E-state index contributed by atoms with van der Waals surface area (Å²) >= 11 is 0. The highest BCUT2D eigenvalue weighted by Gasteiger charge is 2.02. The summed E-state index contributed by atoms with van der Waals surface area (Å²) in [5.41, 5.74) is 0. The van der Waals surface area contributed by atoms with Gasteiger partial charge in [0.05, 0.1) is 25.6 Å². The molecule has 0 amide bonds. The second-order valence-corrected chi connectivity index (χ2v) is 2.37. The topological polar surface area (TPSA) is 47.3 Å². The molecule has 0 aliphatic carbocycles. The summed E-state index contributed by atoms with van der Waals surface area (Å²) in [5.74, 6) is 0. The maximum Gasteiger partial charge on any atom is 0.0952 e. The van der Waals surface area contributed by atoms with Gasteiger partial charge in [-0.3, -0.25) is 0 Å². The molecule has 1 heterocycles. The molecule has 0 saturated carbocycles. The third-order valence-electron chi connectivity index (χ3n) is 1.34. The summed E-state index contributed by atoms with van der Waals surface area (Å²) in [7, 11) is 1.57. The van der Waals surface area contributed by atoms with Crippen LogP contribution in [0.3, 0.4) is 0 Å². The van der Waals surface area contributed by atoms with E-state index in [0.29, 0.717) is 13.2 Å². The fourth-order valence-corrected chi connectivity index (χ4v) is 0.883. The Hall–Kier alpha value is -0.870. The lowest BCUT2D eigenvalue weighted by atomic mass is 10.4. The van der Waals surface area contributed by atoms with Crippen LogP contribution in [0.5, 0.6) is 0 Å². The SMILES string of the molecule is COC[C@@H](O)Cn1ccnc1. The van der Waals surface area contributed by atoms with Gasteiger partial charge in [-0.05, 0) is 0 Å². The highest BCUT2D eigenvalue weighted by Crippen LogP contribution is 1.91. The number of aliphatic hydroxyl groups is 1. The Bertz CT molecular complexity index is 186. The van der Waals surface area contributed by atoms with Gasteiger partial charge in [0, 0.05) is 19.5 Å². The molecule has 4 nitrogen and oxygen atoms in total. The molecule has 0 unspecified atom stereocenters. The second kappa shape index (κ2) is 4.10. The van der Waals surface area contributed by atoms with Crippen LogP contribution in [-0.4, -0.2) is 34.5 Å². The largest absolute Gasteiger partial charge is 0.389 e. The Morgan fingerprint density at radius 3 is 3.09 bits per heavy atom. The van der Waals surface area contributed by atoms with Crippen molar-refractivity contribution < 1.29 is 9.84 Å². The van der Waals surface area contributed by atoms with E-state index in [1.165, 1.54) is 0 Å². The van der Waals surface area contributed by atoms with Gasteiger partial charge in [-0.25, -0.2) is 4.98 Å². The molecule has 1 aromatic rings. The van der Waals surface area contributed by atoms with Crippen molar-refractivity contribution >= 4 is 0 Å². The van der Waals surface area contributed by atoms with Crippen molar-refractivity contribution in [2.75, 3.05) is 13.7 Å². The number of rotatable bonds is 4. The molecular weight excluding hydrogens is 144 g/mol. The minimum atomic E-state index is -0.450. The molecule has 0 aliphatic heterocycles. The van der Waals surface area contributed by atoms with E-state index in [9.17, 15) is 5.11 Å². The van der Waals surface area contributed by atoms with Crippen molar-refractivity contribution in [3.05, 3.63) is 18.7 Å². The third kappa shape index (κ3) is 2.69. The highest BCUT2D eigenvalue weighted by atomic mass is 16.5. The molecule has 11 heavy (non-hydrogen) atoms. The van der Waals surface area contributed by atoms with Crippen molar-refractivity contribution in [1.82, 2.24) is 9.55 Å². The van der Waals surface area contributed by atoms with Crippen molar-refractivity contribution in [2.24, 2.45) is 0 Å². The van der Waals surface area contributed by atoms with Crippen LogP contribution < -0.4 is 0 Å². The molecule has 0 aromatic carbocycles. The maximum absolute atomic E-state index is 9.25. The summed E-state index contributed by atoms with van der Waals surface area (Å²) < 4.78 is 6.58.